The molecule has 1 aromatic carbocycles. The maximum absolute atomic E-state index is 12.0. The Morgan fingerprint density at radius 2 is 1.94 bits per heavy atom. The number of hydrogen-bond acceptors (Lipinski definition) is 1. The Morgan fingerprint density at radius 1 is 1.24 bits per heavy atom. The monoisotopic (exact) mass is 242 g/mol. The predicted molar refractivity (Wildman–Crippen MR) is 58.0 cm³/mol. The third kappa shape index (κ3) is 2.87. The fraction of sp³-hybridized carbons (Fsp3) is 0.462. The first-order valence-electron chi connectivity index (χ1n) is 5.66. The molecule has 0 saturated carbocycles. The number of rotatable bonds is 3. The summed E-state index contributed by atoms with van der Waals surface area (Å²) >= 11 is 0. The second-order valence-electron chi connectivity index (χ2n) is 4.42. The standard InChI is InChI=1S/C13H13F3O/c14-13(15,16)7-3-4-9-8-12(17)11-6-2-1-5-10(9)11/h1-2,5-6,9H,3-4,7-8H2. The normalized spacial score (nSPS) is 19.5. The van der Waals surface area contributed by atoms with Gasteiger partial charge >= 0.3 is 6.18 Å². The number of carbonyl (C=O) groups is 1. The Balaban J connectivity index is 1.99. The molecule has 2 rings (SSSR count). The van der Waals surface area contributed by atoms with Crippen LogP contribution in [-0.2, 0) is 0 Å². The van der Waals surface area contributed by atoms with Crippen molar-refractivity contribution in [2.24, 2.45) is 0 Å². The van der Waals surface area contributed by atoms with E-state index >= 15 is 0 Å². The molecule has 1 atom stereocenters. The summed E-state index contributed by atoms with van der Waals surface area (Å²) in [6, 6.07) is 7.21. The van der Waals surface area contributed by atoms with Gasteiger partial charge in [0.1, 0.15) is 0 Å². The van der Waals surface area contributed by atoms with Crippen molar-refractivity contribution in [2.75, 3.05) is 0 Å². The van der Waals surface area contributed by atoms with Crippen molar-refractivity contribution < 1.29 is 18.0 Å². The third-order valence-corrected chi connectivity index (χ3v) is 3.15. The lowest BCUT2D eigenvalue weighted by Gasteiger charge is -2.11. The van der Waals surface area contributed by atoms with Gasteiger partial charge in [0.25, 0.3) is 0 Å². The van der Waals surface area contributed by atoms with Crippen LogP contribution < -0.4 is 0 Å². The average molecular weight is 242 g/mol. The van der Waals surface area contributed by atoms with Crippen LogP contribution in [0.2, 0.25) is 0 Å². The van der Waals surface area contributed by atoms with Gasteiger partial charge in [-0.2, -0.15) is 13.2 Å². The first-order chi connectivity index (χ1) is 7.97. The van der Waals surface area contributed by atoms with Crippen molar-refractivity contribution in [3.05, 3.63) is 35.4 Å². The molecule has 0 radical (unpaired) electrons. The van der Waals surface area contributed by atoms with Crippen LogP contribution in [0.25, 0.3) is 0 Å². The van der Waals surface area contributed by atoms with Crippen LogP contribution in [0.3, 0.4) is 0 Å². The number of fused-ring (bicyclic) bond motifs is 1. The smallest absolute Gasteiger partial charge is 0.294 e. The molecule has 1 aliphatic carbocycles. The molecular weight excluding hydrogens is 229 g/mol. The Kier molecular flexibility index (Phi) is 3.22. The molecule has 92 valence electrons. The Hall–Kier alpha value is -1.32. The minimum Gasteiger partial charge on any atom is -0.294 e. The summed E-state index contributed by atoms with van der Waals surface area (Å²) in [5.41, 5.74) is 1.60. The molecule has 0 aliphatic heterocycles. The van der Waals surface area contributed by atoms with Gasteiger partial charge in [0.15, 0.2) is 5.78 Å². The summed E-state index contributed by atoms with van der Waals surface area (Å²) in [5.74, 6) is 0.0265. The van der Waals surface area contributed by atoms with Gasteiger partial charge < -0.3 is 0 Å². The number of benzene rings is 1. The van der Waals surface area contributed by atoms with Gasteiger partial charge in [-0.3, -0.25) is 4.79 Å². The van der Waals surface area contributed by atoms with Gasteiger partial charge in [-0.15, -0.1) is 0 Å². The average Bonchev–Trinajstić information content (AvgIpc) is 2.55. The predicted octanol–water partition coefficient (Wildman–Crippen LogP) is 4.09. The van der Waals surface area contributed by atoms with E-state index in [-0.39, 0.29) is 18.1 Å². The van der Waals surface area contributed by atoms with Crippen LogP contribution in [0.15, 0.2) is 24.3 Å². The topological polar surface area (TPSA) is 17.1 Å². The van der Waals surface area contributed by atoms with Crippen LogP contribution in [-0.4, -0.2) is 12.0 Å². The van der Waals surface area contributed by atoms with E-state index < -0.39 is 12.6 Å². The molecule has 1 aromatic rings. The first kappa shape index (κ1) is 12.1. The quantitative estimate of drug-likeness (QED) is 0.780. The molecule has 0 heterocycles. The molecule has 0 aromatic heterocycles. The molecule has 0 spiro atoms. The van der Waals surface area contributed by atoms with Crippen LogP contribution in [0, 0.1) is 0 Å². The van der Waals surface area contributed by atoms with Gasteiger partial charge in [0.2, 0.25) is 0 Å². The Morgan fingerprint density at radius 3 is 2.65 bits per heavy atom. The summed E-state index contributed by atoms with van der Waals surface area (Å²) in [6.07, 6.45) is -3.97. The fourth-order valence-electron chi connectivity index (χ4n) is 2.36. The fourth-order valence-corrected chi connectivity index (χ4v) is 2.36. The number of Topliss-reactive ketones (excluding diaryl/α,β-unsaturated/α-hetero) is 1. The van der Waals surface area contributed by atoms with Crippen molar-refractivity contribution >= 4 is 5.78 Å². The zero-order chi connectivity index (χ0) is 12.5. The molecular formula is C13H13F3O. The SMILES string of the molecule is O=C1CC(CCCC(F)(F)F)c2ccccc21. The van der Waals surface area contributed by atoms with Crippen molar-refractivity contribution in [3.63, 3.8) is 0 Å². The molecule has 1 nitrogen and oxygen atoms in total. The van der Waals surface area contributed by atoms with Crippen molar-refractivity contribution in [1.29, 1.82) is 0 Å². The minimum atomic E-state index is -4.10. The van der Waals surface area contributed by atoms with E-state index in [1.165, 1.54) is 0 Å². The lowest BCUT2D eigenvalue weighted by atomic mass is 9.95. The molecule has 0 bridgehead atoms. The summed E-state index contributed by atoms with van der Waals surface area (Å²) in [6.45, 7) is 0. The number of alkyl halides is 3. The summed E-state index contributed by atoms with van der Waals surface area (Å²) in [4.78, 5) is 11.6. The van der Waals surface area contributed by atoms with Crippen LogP contribution in [0.5, 0.6) is 0 Å². The molecule has 17 heavy (non-hydrogen) atoms. The highest BCUT2D eigenvalue weighted by molar-refractivity contribution is 6.01. The maximum atomic E-state index is 12.0. The highest BCUT2D eigenvalue weighted by Gasteiger charge is 2.31. The molecule has 0 amide bonds. The van der Waals surface area contributed by atoms with Gasteiger partial charge in [0.05, 0.1) is 0 Å². The van der Waals surface area contributed by atoms with Gasteiger partial charge in [-0.1, -0.05) is 24.3 Å². The van der Waals surface area contributed by atoms with E-state index in [1.807, 2.05) is 12.1 Å². The van der Waals surface area contributed by atoms with E-state index in [2.05, 4.69) is 0 Å². The van der Waals surface area contributed by atoms with Gasteiger partial charge in [-0.05, 0) is 24.3 Å². The summed E-state index contributed by atoms with van der Waals surface area (Å²) in [7, 11) is 0. The zero-order valence-electron chi connectivity index (χ0n) is 9.26. The van der Waals surface area contributed by atoms with Crippen molar-refractivity contribution in [1.82, 2.24) is 0 Å². The highest BCUT2D eigenvalue weighted by Crippen LogP contribution is 2.37. The van der Waals surface area contributed by atoms with Gasteiger partial charge in [-0.25, -0.2) is 0 Å². The second kappa shape index (κ2) is 4.51. The van der Waals surface area contributed by atoms with Crippen molar-refractivity contribution in [3.8, 4) is 0 Å². The van der Waals surface area contributed by atoms with Crippen LogP contribution in [0.4, 0.5) is 13.2 Å². The number of ketones is 1. The lowest BCUT2D eigenvalue weighted by Crippen LogP contribution is -2.07. The number of halogens is 3. The summed E-state index contributed by atoms with van der Waals surface area (Å²) in [5, 5.41) is 0. The molecule has 4 heteroatoms. The zero-order valence-corrected chi connectivity index (χ0v) is 9.26. The molecule has 0 N–H and O–H groups in total. The van der Waals surface area contributed by atoms with E-state index in [0.717, 1.165) is 5.56 Å². The van der Waals surface area contributed by atoms with E-state index in [9.17, 15) is 18.0 Å². The van der Waals surface area contributed by atoms with Crippen LogP contribution >= 0.6 is 0 Å². The minimum absolute atomic E-state index is 0.0268. The summed E-state index contributed by atoms with van der Waals surface area (Å²) < 4.78 is 36.1. The molecule has 0 fully saturated rings. The molecule has 1 unspecified atom stereocenters. The molecule has 1 aliphatic rings. The van der Waals surface area contributed by atoms with E-state index in [1.54, 1.807) is 12.1 Å². The van der Waals surface area contributed by atoms with Crippen molar-refractivity contribution in [2.45, 2.75) is 37.8 Å². The molecule has 0 saturated heterocycles. The second-order valence-corrected chi connectivity index (χ2v) is 4.42. The third-order valence-electron chi connectivity index (χ3n) is 3.15. The maximum Gasteiger partial charge on any atom is 0.389 e. The first-order valence-corrected chi connectivity index (χ1v) is 5.66. The highest BCUT2D eigenvalue weighted by atomic mass is 19.4. The number of carbonyl (C=O) groups excluding carboxylic acids is 1. The Labute approximate surface area is 97.6 Å². The van der Waals surface area contributed by atoms with Gasteiger partial charge in [0, 0.05) is 18.4 Å². The lowest BCUT2D eigenvalue weighted by molar-refractivity contribution is -0.135. The number of hydrogen-bond donors (Lipinski definition) is 0. The largest absolute Gasteiger partial charge is 0.389 e. The van der Waals surface area contributed by atoms with E-state index in [0.29, 0.717) is 18.4 Å². The van der Waals surface area contributed by atoms with E-state index in [4.69, 9.17) is 0 Å². The Bertz CT molecular complexity index is 423. The van der Waals surface area contributed by atoms with Crippen LogP contribution in [0.1, 0.15) is 47.5 Å².